The average Bonchev–Trinajstić information content (AvgIpc) is 2.16. The van der Waals surface area contributed by atoms with Crippen molar-refractivity contribution in [3.05, 3.63) is 29.6 Å². The van der Waals surface area contributed by atoms with Crippen molar-refractivity contribution in [2.24, 2.45) is 0 Å². The third kappa shape index (κ3) is 3.49. The normalized spacial score (nSPS) is 11.6. The Hall–Kier alpha value is -1.09. The van der Waals surface area contributed by atoms with E-state index in [9.17, 15) is 4.39 Å². The van der Waals surface area contributed by atoms with Crippen molar-refractivity contribution in [3.63, 3.8) is 0 Å². The second-order valence-corrected chi connectivity index (χ2v) is 4.73. The van der Waals surface area contributed by atoms with Crippen molar-refractivity contribution in [1.29, 1.82) is 0 Å². The van der Waals surface area contributed by atoms with Gasteiger partial charge in [0.2, 0.25) is 0 Å². The maximum atomic E-state index is 13.7. The second kappa shape index (κ2) is 5.30. The van der Waals surface area contributed by atoms with E-state index in [1.165, 1.54) is 6.07 Å². The monoisotopic (exact) mass is 226 g/mol. The highest BCUT2D eigenvalue weighted by molar-refractivity contribution is 5.32. The van der Waals surface area contributed by atoms with Crippen LogP contribution in [0.4, 0.5) is 4.39 Å². The van der Waals surface area contributed by atoms with E-state index in [4.69, 9.17) is 9.47 Å². The molecule has 0 aromatic heterocycles. The molecule has 0 aliphatic rings. The molecule has 1 aromatic rings. The minimum Gasteiger partial charge on any atom is -0.491 e. The van der Waals surface area contributed by atoms with Crippen LogP contribution >= 0.6 is 0 Å². The van der Waals surface area contributed by atoms with Crippen LogP contribution in [0.3, 0.4) is 0 Å². The van der Waals surface area contributed by atoms with Crippen LogP contribution in [0.15, 0.2) is 18.2 Å². The third-order valence-corrected chi connectivity index (χ3v) is 2.30. The molecule has 0 saturated heterocycles. The van der Waals surface area contributed by atoms with Crippen LogP contribution in [-0.2, 0) is 10.2 Å². The second-order valence-electron chi connectivity index (χ2n) is 4.73. The lowest BCUT2D eigenvalue weighted by molar-refractivity contribution is 0.146. The zero-order valence-corrected chi connectivity index (χ0v) is 10.3. The molecule has 0 amide bonds. The Morgan fingerprint density at radius 3 is 2.38 bits per heavy atom. The molecule has 0 aliphatic carbocycles. The van der Waals surface area contributed by atoms with E-state index in [-0.39, 0.29) is 11.2 Å². The van der Waals surface area contributed by atoms with Gasteiger partial charge < -0.3 is 9.47 Å². The van der Waals surface area contributed by atoms with Crippen LogP contribution in [-0.4, -0.2) is 20.3 Å². The van der Waals surface area contributed by atoms with E-state index < -0.39 is 0 Å². The number of halogens is 1. The Balaban J connectivity index is 2.75. The third-order valence-electron chi connectivity index (χ3n) is 2.30. The number of hydrogen-bond acceptors (Lipinski definition) is 2. The molecule has 0 unspecified atom stereocenters. The molecule has 1 rings (SSSR count). The van der Waals surface area contributed by atoms with Crippen LogP contribution in [0.1, 0.15) is 26.3 Å². The molecule has 2 nitrogen and oxygen atoms in total. The smallest absolute Gasteiger partial charge is 0.130 e. The van der Waals surface area contributed by atoms with Gasteiger partial charge in [0.25, 0.3) is 0 Å². The lowest BCUT2D eigenvalue weighted by Gasteiger charge is -2.20. The highest BCUT2D eigenvalue weighted by atomic mass is 19.1. The minimum atomic E-state index is -0.220. The molecule has 0 atom stereocenters. The SMILES string of the molecule is COCCOc1ccc(C(C)(C)C)c(F)c1. The molecule has 3 heteroatoms. The summed E-state index contributed by atoms with van der Waals surface area (Å²) in [4.78, 5) is 0. The highest BCUT2D eigenvalue weighted by Crippen LogP contribution is 2.27. The summed E-state index contributed by atoms with van der Waals surface area (Å²) in [5.74, 6) is 0.324. The molecular formula is C13H19FO2. The summed E-state index contributed by atoms with van der Waals surface area (Å²) in [7, 11) is 1.60. The van der Waals surface area contributed by atoms with E-state index >= 15 is 0 Å². The molecular weight excluding hydrogens is 207 g/mol. The van der Waals surface area contributed by atoms with Gasteiger partial charge in [-0.1, -0.05) is 26.8 Å². The first-order chi connectivity index (χ1) is 7.45. The van der Waals surface area contributed by atoms with Gasteiger partial charge in [-0.2, -0.15) is 0 Å². The molecule has 0 bridgehead atoms. The van der Waals surface area contributed by atoms with Gasteiger partial charge in [-0.25, -0.2) is 4.39 Å². The van der Waals surface area contributed by atoms with E-state index in [1.54, 1.807) is 19.2 Å². The largest absolute Gasteiger partial charge is 0.491 e. The molecule has 16 heavy (non-hydrogen) atoms. The number of methoxy groups -OCH3 is 1. The van der Waals surface area contributed by atoms with Gasteiger partial charge in [0, 0.05) is 13.2 Å². The summed E-state index contributed by atoms with van der Waals surface area (Å²) in [6.07, 6.45) is 0. The van der Waals surface area contributed by atoms with Crippen molar-refractivity contribution in [2.75, 3.05) is 20.3 Å². The molecule has 0 spiro atoms. The van der Waals surface area contributed by atoms with Gasteiger partial charge in [-0.15, -0.1) is 0 Å². The molecule has 90 valence electrons. The molecule has 0 radical (unpaired) electrons. The first-order valence-corrected chi connectivity index (χ1v) is 5.37. The van der Waals surface area contributed by atoms with Crippen LogP contribution < -0.4 is 4.74 Å². The van der Waals surface area contributed by atoms with Crippen molar-refractivity contribution in [3.8, 4) is 5.75 Å². The summed E-state index contributed by atoms with van der Waals surface area (Å²) in [5.41, 5.74) is 0.515. The molecule has 0 fully saturated rings. The van der Waals surface area contributed by atoms with Crippen molar-refractivity contribution < 1.29 is 13.9 Å². The number of benzene rings is 1. The fourth-order valence-corrected chi connectivity index (χ4v) is 1.44. The van der Waals surface area contributed by atoms with Crippen LogP contribution in [0.2, 0.25) is 0 Å². The van der Waals surface area contributed by atoms with Gasteiger partial charge >= 0.3 is 0 Å². The lowest BCUT2D eigenvalue weighted by Crippen LogP contribution is -2.13. The number of ether oxygens (including phenoxy) is 2. The fourth-order valence-electron chi connectivity index (χ4n) is 1.44. The standard InChI is InChI=1S/C13H19FO2/c1-13(2,3)11-6-5-10(9-12(11)14)16-8-7-15-4/h5-6,9H,7-8H2,1-4H3. The molecule has 0 saturated carbocycles. The van der Waals surface area contributed by atoms with Crippen molar-refractivity contribution in [2.45, 2.75) is 26.2 Å². The minimum absolute atomic E-state index is 0.185. The number of rotatable bonds is 4. The molecule has 0 aliphatic heterocycles. The predicted octanol–water partition coefficient (Wildman–Crippen LogP) is 3.15. The Labute approximate surface area is 96.4 Å². The predicted molar refractivity (Wildman–Crippen MR) is 62.5 cm³/mol. The Bertz CT molecular complexity index is 342. The maximum Gasteiger partial charge on any atom is 0.130 e. The quantitative estimate of drug-likeness (QED) is 0.734. The van der Waals surface area contributed by atoms with Gasteiger partial charge in [0.05, 0.1) is 6.61 Å². The van der Waals surface area contributed by atoms with E-state index in [2.05, 4.69) is 0 Å². The average molecular weight is 226 g/mol. The summed E-state index contributed by atoms with van der Waals surface area (Å²) >= 11 is 0. The summed E-state index contributed by atoms with van der Waals surface area (Å²) in [6, 6.07) is 4.99. The molecule has 1 aromatic carbocycles. The van der Waals surface area contributed by atoms with Gasteiger partial charge in [-0.3, -0.25) is 0 Å². The Kier molecular flexibility index (Phi) is 4.30. The van der Waals surface area contributed by atoms with Crippen molar-refractivity contribution in [1.82, 2.24) is 0 Å². The zero-order chi connectivity index (χ0) is 12.2. The van der Waals surface area contributed by atoms with Crippen LogP contribution in [0, 0.1) is 5.82 Å². The summed E-state index contributed by atoms with van der Waals surface area (Å²) < 4.78 is 23.9. The summed E-state index contributed by atoms with van der Waals surface area (Å²) in [6.45, 7) is 6.89. The molecule has 0 heterocycles. The van der Waals surface area contributed by atoms with E-state index in [0.29, 0.717) is 24.5 Å². The fraction of sp³-hybridized carbons (Fsp3) is 0.538. The zero-order valence-electron chi connectivity index (χ0n) is 10.3. The topological polar surface area (TPSA) is 18.5 Å². The first-order valence-electron chi connectivity index (χ1n) is 5.37. The van der Waals surface area contributed by atoms with Gasteiger partial charge in [0.15, 0.2) is 0 Å². The van der Waals surface area contributed by atoms with Crippen LogP contribution in [0.5, 0.6) is 5.75 Å². The van der Waals surface area contributed by atoms with Crippen molar-refractivity contribution >= 4 is 0 Å². The Morgan fingerprint density at radius 1 is 1.19 bits per heavy atom. The van der Waals surface area contributed by atoms with E-state index in [1.807, 2.05) is 20.8 Å². The lowest BCUT2D eigenvalue weighted by atomic mass is 9.87. The van der Waals surface area contributed by atoms with Gasteiger partial charge in [0.1, 0.15) is 18.2 Å². The maximum absolute atomic E-state index is 13.7. The van der Waals surface area contributed by atoms with Crippen LogP contribution in [0.25, 0.3) is 0 Å². The molecule has 0 N–H and O–H groups in total. The van der Waals surface area contributed by atoms with Gasteiger partial charge in [-0.05, 0) is 17.0 Å². The van der Waals surface area contributed by atoms with E-state index in [0.717, 1.165) is 0 Å². The number of hydrogen-bond donors (Lipinski definition) is 0. The highest BCUT2D eigenvalue weighted by Gasteiger charge is 2.18. The Morgan fingerprint density at radius 2 is 1.88 bits per heavy atom. The first kappa shape index (κ1) is 13.0. The summed E-state index contributed by atoms with van der Waals surface area (Å²) in [5, 5.41) is 0.